The Labute approximate surface area is 98.3 Å². The fourth-order valence-corrected chi connectivity index (χ4v) is 2.19. The van der Waals surface area contributed by atoms with Gasteiger partial charge in [0, 0.05) is 25.9 Å². The summed E-state index contributed by atoms with van der Waals surface area (Å²) >= 11 is 0. The summed E-state index contributed by atoms with van der Waals surface area (Å²) in [5, 5.41) is 3.58. The highest BCUT2D eigenvalue weighted by Gasteiger charge is 2.29. The molecule has 2 aliphatic rings. The Hall–Kier alpha value is -0.160. The van der Waals surface area contributed by atoms with Crippen molar-refractivity contribution >= 4 is 0 Å². The zero-order valence-corrected chi connectivity index (χ0v) is 10.4. The number of hydrogen-bond donors (Lipinski definition) is 1. The van der Waals surface area contributed by atoms with Crippen LogP contribution in [0.1, 0.15) is 26.7 Å². The number of rotatable bonds is 5. The lowest BCUT2D eigenvalue weighted by atomic mass is 10.1. The second kappa shape index (κ2) is 5.96. The Balaban J connectivity index is 1.57. The Bertz CT molecular complexity index is 199. The van der Waals surface area contributed by atoms with E-state index in [-0.39, 0.29) is 0 Å². The molecule has 1 atom stereocenters. The molecule has 1 unspecified atom stereocenters. The van der Waals surface area contributed by atoms with Crippen LogP contribution in [0.5, 0.6) is 0 Å². The minimum absolute atomic E-state index is 0.354. The first-order valence-corrected chi connectivity index (χ1v) is 6.42. The molecule has 16 heavy (non-hydrogen) atoms. The van der Waals surface area contributed by atoms with Crippen molar-refractivity contribution < 1.29 is 9.47 Å². The van der Waals surface area contributed by atoms with Gasteiger partial charge in [-0.2, -0.15) is 0 Å². The van der Waals surface area contributed by atoms with Gasteiger partial charge in [-0.1, -0.05) is 0 Å². The van der Waals surface area contributed by atoms with E-state index >= 15 is 0 Å². The third kappa shape index (κ3) is 3.42. The Morgan fingerprint density at radius 1 is 1.44 bits per heavy atom. The van der Waals surface area contributed by atoms with Gasteiger partial charge in [-0.3, -0.25) is 4.90 Å². The average Bonchev–Trinajstić information content (AvgIpc) is 2.17. The summed E-state index contributed by atoms with van der Waals surface area (Å²) in [5.74, 6) is 0. The molecule has 0 aromatic rings. The molecule has 94 valence electrons. The molecule has 0 bridgehead atoms. The standard InChI is InChI=1S/C12H24N2O2/c1-10(2)16-6-4-11-3-5-14(9-13-11)12-7-15-8-12/h10-13H,3-9H2,1-2H3. The molecule has 4 nitrogen and oxygen atoms in total. The van der Waals surface area contributed by atoms with E-state index in [0.717, 1.165) is 32.9 Å². The van der Waals surface area contributed by atoms with Crippen LogP contribution in [0.4, 0.5) is 0 Å². The van der Waals surface area contributed by atoms with Crippen LogP contribution in [0.15, 0.2) is 0 Å². The van der Waals surface area contributed by atoms with E-state index in [4.69, 9.17) is 9.47 Å². The zero-order chi connectivity index (χ0) is 11.4. The predicted molar refractivity (Wildman–Crippen MR) is 63.4 cm³/mol. The van der Waals surface area contributed by atoms with Gasteiger partial charge in [0.05, 0.1) is 25.4 Å². The molecule has 0 aromatic carbocycles. The van der Waals surface area contributed by atoms with Gasteiger partial charge in [-0.15, -0.1) is 0 Å². The molecule has 4 heteroatoms. The summed E-state index contributed by atoms with van der Waals surface area (Å²) in [6.07, 6.45) is 2.72. The molecule has 2 heterocycles. The lowest BCUT2D eigenvalue weighted by molar-refractivity contribution is -0.0761. The lowest BCUT2D eigenvalue weighted by Crippen LogP contribution is -2.57. The van der Waals surface area contributed by atoms with Gasteiger partial charge in [0.1, 0.15) is 0 Å². The van der Waals surface area contributed by atoms with E-state index in [1.165, 1.54) is 13.0 Å². The van der Waals surface area contributed by atoms with Gasteiger partial charge < -0.3 is 14.8 Å². The zero-order valence-electron chi connectivity index (χ0n) is 10.4. The molecule has 2 rings (SSSR count). The summed E-state index contributed by atoms with van der Waals surface area (Å²) in [4.78, 5) is 2.49. The van der Waals surface area contributed by atoms with Gasteiger partial charge in [0.2, 0.25) is 0 Å². The summed E-state index contributed by atoms with van der Waals surface area (Å²) in [6.45, 7) is 9.11. The fraction of sp³-hybridized carbons (Fsp3) is 1.00. The Morgan fingerprint density at radius 2 is 2.25 bits per heavy atom. The summed E-state index contributed by atoms with van der Waals surface area (Å²) in [7, 11) is 0. The monoisotopic (exact) mass is 228 g/mol. The van der Waals surface area contributed by atoms with Crippen molar-refractivity contribution in [3.63, 3.8) is 0 Å². The third-order valence-corrected chi connectivity index (χ3v) is 3.40. The highest BCUT2D eigenvalue weighted by atomic mass is 16.5. The summed E-state index contributed by atoms with van der Waals surface area (Å²) < 4.78 is 10.8. The van der Waals surface area contributed by atoms with Crippen LogP contribution in [0.3, 0.4) is 0 Å². The average molecular weight is 228 g/mol. The quantitative estimate of drug-likeness (QED) is 0.755. The molecule has 0 spiro atoms. The smallest absolute Gasteiger partial charge is 0.0645 e. The minimum Gasteiger partial charge on any atom is -0.379 e. The van der Waals surface area contributed by atoms with Crippen LogP contribution in [0, 0.1) is 0 Å². The van der Waals surface area contributed by atoms with Crippen molar-refractivity contribution in [3.8, 4) is 0 Å². The van der Waals surface area contributed by atoms with Crippen LogP contribution >= 0.6 is 0 Å². The van der Waals surface area contributed by atoms with Crippen LogP contribution in [0.25, 0.3) is 0 Å². The van der Waals surface area contributed by atoms with E-state index < -0.39 is 0 Å². The molecule has 0 saturated carbocycles. The van der Waals surface area contributed by atoms with E-state index in [1.807, 2.05) is 0 Å². The lowest BCUT2D eigenvalue weighted by Gasteiger charge is -2.41. The summed E-state index contributed by atoms with van der Waals surface area (Å²) in [6, 6.07) is 1.30. The molecule has 0 radical (unpaired) electrons. The van der Waals surface area contributed by atoms with E-state index in [2.05, 4.69) is 24.1 Å². The van der Waals surface area contributed by atoms with Gasteiger partial charge in [-0.25, -0.2) is 0 Å². The molecule has 1 N–H and O–H groups in total. The van der Waals surface area contributed by atoms with Crippen molar-refractivity contribution in [2.45, 2.75) is 44.9 Å². The van der Waals surface area contributed by atoms with Crippen LogP contribution < -0.4 is 5.32 Å². The van der Waals surface area contributed by atoms with E-state index in [1.54, 1.807) is 0 Å². The number of nitrogens with one attached hydrogen (secondary N) is 1. The van der Waals surface area contributed by atoms with Gasteiger partial charge in [-0.05, 0) is 26.7 Å². The van der Waals surface area contributed by atoms with Crippen LogP contribution in [0.2, 0.25) is 0 Å². The second-order valence-electron chi connectivity index (χ2n) is 5.06. The SMILES string of the molecule is CC(C)OCCC1CCN(C2COC2)CN1. The molecular weight excluding hydrogens is 204 g/mol. The van der Waals surface area contributed by atoms with Crippen molar-refractivity contribution in [2.24, 2.45) is 0 Å². The predicted octanol–water partition coefficient (Wildman–Crippen LogP) is 0.822. The Kier molecular flexibility index (Phi) is 4.58. The number of ether oxygens (including phenoxy) is 2. The second-order valence-corrected chi connectivity index (χ2v) is 5.06. The molecule has 0 amide bonds. The van der Waals surface area contributed by atoms with Crippen LogP contribution in [-0.2, 0) is 9.47 Å². The van der Waals surface area contributed by atoms with Crippen molar-refractivity contribution in [2.75, 3.05) is 33.0 Å². The molecule has 2 fully saturated rings. The maximum atomic E-state index is 5.58. The number of hydrogen-bond acceptors (Lipinski definition) is 4. The minimum atomic E-state index is 0.354. The fourth-order valence-electron chi connectivity index (χ4n) is 2.19. The highest BCUT2D eigenvalue weighted by molar-refractivity contribution is 4.82. The normalized spacial score (nSPS) is 28.3. The first-order chi connectivity index (χ1) is 7.75. The topological polar surface area (TPSA) is 33.7 Å². The molecular formula is C12H24N2O2. The van der Waals surface area contributed by atoms with E-state index in [9.17, 15) is 0 Å². The Morgan fingerprint density at radius 3 is 2.75 bits per heavy atom. The van der Waals surface area contributed by atoms with E-state index in [0.29, 0.717) is 18.2 Å². The molecule has 2 aliphatic heterocycles. The van der Waals surface area contributed by atoms with Gasteiger partial charge in [0.25, 0.3) is 0 Å². The van der Waals surface area contributed by atoms with Gasteiger partial charge in [0.15, 0.2) is 0 Å². The molecule has 0 aliphatic carbocycles. The largest absolute Gasteiger partial charge is 0.379 e. The first kappa shape index (κ1) is 12.3. The molecule has 0 aromatic heterocycles. The maximum Gasteiger partial charge on any atom is 0.0645 e. The molecule has 2 saturated heterocycles. The number of nitrogens with zero attached hydrogens (tertiary/aromatic N) is 1. The van der Waals surface area contributed by atoms with Crippen molar-refractivity contribution in [1.82, 2.24) is 10.2 Å². The summed E-state index contributed by atoms with van der Waals surface area (Å²) in [5.41, 5.74) is 0. The van der Waals surface area contributed by atoms with Crippen LogP contribution in [-0.4, -0.2) is 56.1 Å². The highest BCUT2D eigenvalue weighted by Crippen LogP contribution is 2.15. The van der Waals surface area contributed by atoms with Crippen molar-refractivity contribution in [3.05, 3.63) is 0 Å². The van der Waals surface area contributed by atoms with Crippen molar-refractivity contribution in [1.29, 1.82) is 0 Å². The third-order valence-electron chi connectivity index (χ3n) is 3.40. The van der Waals surface area contributed by atoms with Gasteiger partial charge >= 0.3 is 0 Å². The maximum absolute atomic E-state index is 5.58. The first-order valence-electron chi connectivity index (χ1n) is 6.42.